The molecule has 2 aromatic heterocycles. The van der Waals surface area contributed by atoms with Crippen molar-refractivity contribution < 1.29 is 23.1 Å². The van der Waals surface area contributed by atoms with Crippen molar-refractivity contribution in [3.8, 4) is 0 Å². The third-order valence-electron chi connectivity index (χ3n) is 4.06. The van der Waals surface area contributed by atoms with Crippen molar-refractivity contribution in [1.29, 1.82) is 0 Å². The molecule has 30 heavy (non-hydrogen) atoms. The van der Waals surface area contributed by atoms with Crippen LogP contribution in [0, 0.1) is 0 Å². The molecule has 1 aromatic carbocycles. The van der Waals surface area contributed by atoms with Crippen molar-refractivity contribution in [3.05, 3.63) is 81.1 Å². The van der Waals surface area contributed by atoms with E-state index in [1.807, 2.05) is 36.5 Å². The number of aliphatic carboxylic acids is 1. The van der Waals surface area contributed by atoms with Crippen LogP contribution in [0.15, 0.2) is 64.4 Å². The molecule has 0 saturated heterocycles. The SMILES string of the molecule is O=C(O)C(F)(F)F.O=c1ccc(CNCCCn2ccc3ccccc3c2=O)c[nH]1. The predicted molar refractivity (Wildman–Crippen MR) is 105 cm³/mol. The molecular weight excluding hydrogens is 403 g/mol. The fraction of sp³-hybridized carbons (Fsp3) is 0.250. The molecule has 10 heteroatoms. The Morgan fingerprint density at radius 2 is 1.80 bits per heavy atom. The summed E-state index contributed by atoms with van der Waals surface area (Å²) >= 11 is 0. The van der Waals surface area contributed by atoms with Crippen molar-refractivity contribution in [2.75, 3.05) is 6.54 Å². The van der Waals surface area contributed by atoms with Crippen LogP contribution in [0.5, 0.6) is 0 Å². The molecular formula is C20H20F3N3O4. The first-order chi connectivity index (χ1) is 14.2. The number of benzene rings is 1. The minimum absolute atomic E-state index is 0.0590. The lowest BCUT2D eigenvalue weighted by Gasteiger charge is -2.08. The van der Waals surface area contributed by atoms with E-state index >= 15 is 0 Å². The van der Waals surface area contributed by atoms with Gasteiger partial charge >= 0.3 is 12.1 Å². The number of rotatable bonds is 6. The number of pyridine rings is 2. The van der Waals surface area contributed by atoms with Crippen molar-refractivity contribution in [2.45, 2.75) is 25.7 Å². The second-order valence-corrected chi connectivity index (χ2v) is 6.30. The van der Waals surface area contributed by atoms with Crippen LogP contribution in [0.3, 0.4) is 0 Å². The van der Waals surface area contributed by atoms with Crippen molar-refractivity contribution in [3.63, 3.8) is 0 Å². The molecule has 160 valence electrons. The molecule has 7 nitrogen and oxygen atoms in total. The Labute approximate surface area is 168 Å². The van der Waals surface area contributed by atoms with E-state index in [1.54, 1.807) is 16.8 Å². The predicted octanol–water partition coefficient (Wildman–Crippen LogP) is 2.50. The van der Waals surface area contributed by atoms with Crippen molar-refractivity contribution in [1.82, 2.24) is 14.9 Å². The molecule has 0 fully saturated rings. The lowest BCUT2D eigenvalue weighted by Crippen LogP contribution is -2.22. The Morgan fingerprint density at radius 3 is 2.43 bits per heavy atom. The van der Waals surface area contributed by atoms with Crippen molar-refractivity contribution >= 4 is 16.7 Å². The number of H-pyrrole nitrogens is 1. The van der Waals surface area contributed by atoms with E-state index in [0.29, 0.717) is 13.1 Å². The van der Waals surface area contributed by atoms with Crippen LogP contribution in [0.25, 0.3) is 10.8 Å². The number of carboxylic acids is 1. The second kappa shape index (κ2) is 10.4. The lowest BCUT2D eigenvalue weighted by atomic mass is 10.2. The highest BCUT2D eigenvalue weighted by Crippen LogP contribution is 2.13. The number of nitrogens with zero attached hydrogens (tertiary/aromatic N) is 1. The van der Waals surface area contributed by atoms with Gasteiger partial charge in [-0.2, -0.15) is 13.2 Å². The zero-order valence-electron chi connectivity index (χ0n) is 15.8. The third kappa shape index (κ3) is 6.89. The van der Waals surface area contributed by atoms with E-state index in [2.05, 4.69) is 10.3 Å². The number of aromatic nitrogens is 2. The molecule has 0 spiro atoms. The number of halogens is 3. The van der Waals surface area contributed by atoms with Crippen molar-refractivity contribution in [2.24, 2.45) is 0 Å². The van der Waals surface area contributed by atoms with E-state index in [0.717, 1.165) is 29.3 Å². The summed E-state index contributed by atoms with van der Waals surface area (Å²) in [4.78, 5) is 34.9. The van der Waals surface area contributed by atoms with Gasteiger partial charge in [-0.3, -0.25) is 9.59 Å². The number of fused-ring (bicyclic) bond motifs is 1. The van der Waals surface area contributed by atoms with Gasteiger partial charge in [0.15, 0.2) is 0 Å². The van der Waals surface area contributed by atoms with Crippen LogP contribution < -0.4 is 16.4 Å². The fourth-order valence-electron chi connectivity index (χ4n) is 2.57. The summed E-state index contributed by atoms with van der Waals surface area (Å²) in [7, 11) is 0. The zero-order valence-corrected chi connectivity index (χ0v) is 15.8. The number of hydrogen-bond donors (Lipinski definition) is 3. The molecule has 0 saturated carbocycles. The Bertz CT molecular complexity index is 1090. The van der Waals surface area contributed by atoms with E-state index in [-0.39, 0.29) is 11.1 Å². The van der Waals surface area contributed by atoms with E-state index in [9.17, 15) is 22.8 Å². The number of aromatic amines is 1. The van der Waals surface area contributed by atoms with Gasteiger partial charge < -0.3 is 20.0 Å². The summed E-state index contributed by atoms with van der Waals surface area (Å²) in [5, 5.41) is 12.2. The van der Waals surface area contributed by atoms with Crippen LogP contribution in [0.1, 0.15) is 12.0 Å². The highest BCUT2D eigenvalue weighted by molar-refractivity contribution is 5.81. The van der Waals surface area contributed by atoms with Gasteiger partial charge in [0.2, 0.25) is 5.56 Å². The van der Waals surface area contributed by atoms with E-state index in [4.69, 9.17) is 9.90 Å². The smallest absolute Gasteiger partial charge is 0.475 e. The molecule has 0 atom stereocenters. The van der Waals surface area contributed by atoms with Gasteiger partial charge in [-0.05, 0) is 36.0 Å². The summed E-state index contributed by atoms with van der Waals surface area (Å²) in [5.74, 6) is -2.76. The van der Waals surface area contributed by atoms with Crippen LogP contribution in [0.2, 0.25) is 0 Å². The number of alkyl halides is 3. The zero-order chi connectivity index (χ0) is 22.1. The molecule has 0 aliphatic carbocycles. The standard InChI is InChI=1S/C18H19N3O2.C2HF3O2/c22-17-7-6-14(13-20-17)12-19-9-3-10-21-11-8-15-4-1-2-5-16(15)18(21)23;3-2(4,5)1(6)7/h1-2,4-8,11,13,19H,3,9-10,12H2,(H,20,22);(H,6,7). The first-order valence-electron chi connectivity index (χ1n) is 8.95. The summed E-state index contributed by atoms with van der Waals surface area (Å²) in [6.07, 6.45) is -0.655. The van der Waals surface area contributed by atoms with Gasteiger partial charge in [0, 0.05) is 36.9 Å². The normalized spacial score (nSPS) is 11.0. The number of carboxylic acid groups (broad SMARTS) is 1. The Hall–Kier alpha value is -3.40. The molecule has 0 unspecified atom stereocenters. The van der Waals surface area contributed by atoms with Gasteiger partial charge in [-0.1, -0.05) is 24.3 Å². The maximum absolute atomic E-state index is 12.4. The van der Waals surface area contributed by atoms with Gasteiger partial charge in [0.25, 0.3) is 5.56 Å². The molecule has 3 aromatic rings. The highest BCUT2D eigenvalue weighted by atomic mass is 19.4. The minimum atomic E-state index is -5.08. The number of nitrogens with one attached hydrogen (secondary N) is 2. The van der Waals surface area contributed by atoms with Crippen LogP contribution in [-0.4, -0.2) is 33.3 Å². The maximum atomic E-state index is 12.4. The highest BCUT2D eigenvalue weighted by Gasteiger charge is 2.38. The molecule has 2 heterocycles. The van der Waals surface area contributed by atoms with Crippen LogP contribution >= 0.6 is 0 Å². The molecule has 3 N–H and O–H groups in total. The molecule has 0 aliphatic rings. The molecule has 0 radical (unpaired) electrons. The summed E-state index contributed by atoms with van der Waals surface area (Å²) in [6.45, 7) is 2.18. The number of aryl methyl sites for hydroxylation is 1. The minimum Gasteiger partial charge on any atom is -0.475 e. The fourth-order valence-corrected chi connectivity index (χ4v) is 2.57. The summed E-state index contributed by atoms with van der Waals surface area (Å²) in [6, 6.07) is 12.9. The molecule has 0 amide bonds. The molecule has 3 rings (SSSR count). The number of carbonyl (C=O) groups is 1. The molecule has 0 aliphatic heterocycles. The van der Waals surface area contributed by atoms with Gasteiger partial charge in [0.05, 0.1) is 0 Å². The van der Waals surface area contributed by atoms with Crippen LogP contribution in [0.4, 0.5) is 13.2 Å². The summed E-state index contributed by atoms with van der Waals surface area (Å²) < 4.78 is 33.5. The van der Waals surface area contributed by atoms with E-state index in [1.165, 1.54) is 6.07 Å². The van der Waals surface area contributed by atoms with Gasteiger partial charge in [-0.15, -0.1) is 0 Å². The Morgan fingerprint density at radius 1 is 1.10 bits per heavy atom. The number of hydrogen-bond acceptors (Lipinski definition) is 4. The first kappa shape index (κ1) is 22.9. The Kier molecular flexibility index (Phi) is 7.93. The average Bonchev–Trinajstić information content (AvgIpc) is 2.70. The Balaban J connectivity index is 0.000000396. The molecule has 0 bridgehead atoms. The average molecular weight is 423 g/mol. The lowest BCUT2D eigenvalue weighted by molar-refractivity contribution is -0.192. The van der Waals surface area contributed by atoms with Gasteiger partial charge in [-0.25, -0.2) is 4.79 Å². The van der Waals surface area contributed by atoms with E-state index < -0.39 is 12.1 Å². The summed E-state index contributed by atoms with van der Waals surface area (Å²) in [5.41, 5.74) is 1.00. The van der Waals surface area contributed by atoms with Gasteiger partial charge in [0.1, 0.15) is 0 Å². The second-order valence-electron chi connectivity index (χ2n) is 6.30. The first-order valence-corrected chi connectivity index (χ1v) is 8.95. The topological polar surface area (TPSA) is 104 Å². The largest absolute Gasteiger partial charge is 0.490 e. The monoisotopic (exact) mass is 423 g/mol. The third-order valence-corrected chi connectivity index (χ3v) is 4.06. The van der Waals surface area contributed by atoms with Crippen LogP contribution in [-0.2, 0) is 17.9 Å². The quantitative estimate of drug-likeness (QED) is 0.529. The maximum Gasteiger partial charge on any atom is 0.490 e.